The van der Waals surface area contributed by atoms with Crippen molar-refractivity contribution in [3.63, 3.8) is 0 Å². The van der Waals surface area contributed by atoms with Crippen LogP contribution in [0.3, 0.4) is 0 Å². The van der Waals surface area contributed by atoms with Crippen LogP contribution >= 0.6 is 0 Å². The third-order valence-electron chi connectivity index (χ3n) is 3.11. The Hall–Kier alpha value is -0.340. The normalized spacial score (nSPS) is 24.3. The van der Waals surface area contributed by atoms with Gasteiger partial charge in [0, 0.05) is 12.6 Å². The Kier molecular flexibility index (Phi) is 5.34. The Morgan fingerprint density at radius 1 is 1.47 bits per heavy atom. The summed E-state index contributed by atoms with van der Waals surface area (Å²) in [4.78, 5) is 0. The van der Waals surface area contributed by atoms with E-state index in [-0.39, 0.29) is 0 Å². The fourth-order valence-electron chi connectivity index (χ4n) is 2.21. The van der Waals surface area contributed by atoms with Crippen molar-refractivity contribution in [1.29, 1.82) is 0 Å². The first-order valence-corrected chi connectivity index (χ1v) is 6.06. The smallest absolute Gasteiger partial charge is 0.0591 e. The highest BCUT2D eigenvalue weighted by Gasteiger charge is 2.30. The molecule has 0 amide bonds. The predicted molar refractivity (Wildman–Crippen MR) is 65.1 cm³/mol. The van der Waals surface area contributed by atoms with E-state index in [0.717, 1.165) is 26.2 Å². The monoisotopic (exact) mass is 211 g/mol. The van der Waals surface area contributed by atoms with Gasteiger partial charge in [0.25, 0.3) is 0 Å². The Bertz CT molecular complexity index is 189. The Morgan fingerprint density at radius 3 is 2.87 bits per heavy atom. The van der Waals surface area contributed by atoms with Crippen molar-refractivity contribution in [2.24, 2.45) is 5.41 Å². The number of ether oxygens (including phenoxy) is 1. The van der Waals surface area contributed by atoms with Crippen LogP contribution in [0.2, 0.25) is 0 Å². The van der Waals surface area contributed by atoms with Crippen LogP contribution in [0.1, 0.15) is 39.5 Å². The molecule has 1 atom stereocenters. The van der Waals surface area contributed by atoms with E-state index in [1.54, 1.807) is 0 Å². The topological polar surface area (TPSA) is 21.3 Å². The van der Waals surface area contributed by atoms with Crippen molar-refractivity contribution in [3.8, 4) is 0 Å². The van der Waals surface area contributed by atoms with Gasteiger partial charge in [-0.3, -0.25) is 0 Å². The van der Waals surface area contributed by atoms with Gasteiger partial charge in [0.15, 0.2) is 0 Å². The highest BCUT2D eigenvalue weighted by molar-refractivity contribution is 4.86. The average molecular weight is 211 g/mol. The van der Waals surface area contributed by atoms with Crippen LogP contribution in [-0.2, 0) is 4.74 Å². The van der Waals surface area contributed by atoms with Crippen molar-refractivity contribution >= 4 is 0 Å². The lowest BCUT2D eigenvalue weighted by molar-refractivity contribution is 0.138. The summed E-state index contributed by atoms with van der Waals surface area (Å²) in [6.45, 7) is 11.0. The standard InChI is InChI=1S/C13H25NO/c1-4-5-9-15-10-8-14-12-6-7-13(2,3)11-12/h4,12,14H,1,5-11H2,2-3H3. The first-order valence-electron chi connectivity index (χ1n) is 6.06. The number of hydrogen-bond acceptors (Lipinski definition) is 2. The maximum atomic E-state index is 5.45. The molecule has 0 saturated heterocycles. The molecule has 0 heterocycles. The highest BCUT2D eigenvalue weighted by atomic mass is 16.5. The van der Waals surface area contributed by atoms with Crippen LogP contribution < -0.4 is 5.32 Å². The molecule has 88 valence electrons. The van der Waals surface area contributed by atoms with Gasteiger partial charge in [-0.1, -0.05) is 19.9 Å². The summed E-state index contributed by atoms with van der Waals surface area (Å²) in [5.74, 6) is 0. The van der Waals surface area contributed by atoms with E-state index in [0.29, 0.717) is 11.5 Å². The zero-order valence-electron chi connectivity index (χ0n) is 10.2. The van der Waals surface area contributed by atoms with Crippen LogP contribution in [0.25, 0.3) is 0 Å². The van der Waals surface area contributed by atoms with E-state index < -0.39 is 0 Å². The van der Waals surface area contributed by atoms with Gasteiger partial charge in [-0.05, 0) is 31.1 Å². The van der Waals surface area contributed by atoms with Crippen molar-refractivity contribution in [2.45, 2.75) is 45.6 Å². The highest BCUT2D eigenvalue weighted by Crippen LogP contribution is 2.36. The molecular formula is C13H25NO. The average Bonchev–Trinajstić information content (AvgIpc) is 2.52. The molecule has 1 fully saturated rings. The number of hydrogen-bond donors (Lipinski definition) is 1. The molecule has 1 N–H and O–H groups in total. The van der Waals surface area contributed by atoms with Crippen LogP contribution in [-0.4, -0.2) is 25.8 Å². The SMILES string of the molecule is C=CCCOCCNC1CCC(C)(C)C1. The fourth-order valence-corrected chi connectivity index (χ4v) is 2.21. The zero-order chi connectivity index (χ0) is 11.1. The second-order valence-corrected chi connectivity index (χ2v) is 5.25. The van der Waals surface area contributed by atoms with Crippen LogP contribution in [0, 0.1) is 5.41 Å². The molecule has 15 heavy (non-hydrogen) atoms. The minimum Gasteiger partial charge on any atom is -0.380 e. The molecule has 0 bridgehead atoms. The molecule has 2 heteroatoms. The lowest BCUT2D eigenvalue weighted by Gasteiger charge is -2.17. The molecule has 1 aliphatic carbocycles. The van der Waals surface area contributed by atoms with Crippen molar-refractivity contribution in [3.05, 3.63) is 12.7 Å². The summed E-state index contributed by atoms with van der Waals surface area (Å²) in [6, 6.07) is 0.711. The zero-order valence-corrected chi connectivity index (χ0v) is 10.2. The van der Waals surface area contributed by atoms with E-state index in [2.05, 4.69) is 25.7 Å². The molecule has 0 aliphatic heterocycles. The van der Waals surface area contributed by atoms with Crippen molar-refractivity contribution in [2.75, 3.05) is 19.8 Å². The Labute approximate surface area is 94.1 Å². The first kappa shape index (κ1) is 12.7. The summed E-state index contributed by atoms with van der Waals surface area (Å²) in [6.07, 6.45) is 6.82. The van der Waals surface area contributed by atoms with Gasteiger partial charge in [0.2, 0.25) is 0 Å². The van der Waals surface area contributed by atoms with E-state index in [9.17, 15) is 0 Å². The van der Waals surface area contributed by atoms with Crippen LogP contribution in [0.15, 0.2) is 12.7 Å². The minimum atomic E-state index is 0.543. The summed E-state index contributed by atoms with van der Waals surface area (Å²) in [7, 11) is 0. The number of nitrogens with one attached hydrogen (secondary N) is 1. The minimum absolute atomic E-state index is 0.543. The molecule has 0 aromatic rings. The quantitative estimate of drug-likeness (QED) is 0.516. The van der Waals surface area contributed by atoms with Gasteiger partial charge in [-0.15, -0.1) is 6.58 Å². The van der Waals surface area contributed by atoms with Gasteiger partial charge < -0.3 is 10.1 Å². The van der Waals surface area contributed by atoms with Gasteiger partial charge in [-0.2, -0.15) is 0 Å². The van der Waals surface area contributed by atoms with Gasteiger partial charge in [-0.25, -0.2) is 0 Å². The lowest BCUT2D eigenvalue weighted by atomic mass is 9.92. The fraction of sp³-hybridized carbons (Fsp3) is 0.846. The molecule has 0 aromatic heterocycles. The molecule has 1 saturated carbocycles. The van der Waals surface area contributed by atoms with Gasteiger partial charge >= 0.3 is 0 Å². The summed E-state index contributed by atoms with van der Waals surface area (Å²) in [5, 5.41) is 3.56. The third kappa shape index (κ3) is 5.33. The molecule has 1 aliphatic rings. The lowest BCUT2D eigenvalue weighted by Crippen LogP contribution is -2.30. The van der Waals surface area contributed by atoms with Crippen molar-refractivity contribution in [1.82, 2.24) is 5.32 Å². The summed E-state index contributed by atoms with van der Waals surface area (Å²) < 4.78 is 5.45. The van der Waals surface area contributed by atoms with Gasteiger partial charge in [0.05, 0.1) is 13.2 Å². The van der Waals surface area contributed by atoms with Crippen LogP contribution in [0.5, 0.6) is 0 Å². The predicted octanol–water partition coefficient (Wildman–Crippen LogP) is 2.75. The largest absolute Gasteiger partial charge is 0.380 e. The number of rotatable bonds is 7. The Balaban J connectivity index is 1.95. The van der Waals surface area contributed by atoms with Crippen molar-refractivity contribution < 1.29 is 4.74 Å². The first-order chi connectivity index (χ1) is 7.14. The molecule has 0 aromatic carbocycles. The maximum absolute atomic E-state index is 5.45. The second-order valence-electron chi connectivity index (χ2n) is 5.25. The molecule has 2 nitrogen and oxygen atoms in total. The van der Waals surface area contributed by atoms with E-state index >= 15 is 0 Å². The van der Waals surface area contributed by atoms with Crippen LogP contribution in [0.4, 0.5) is 0 Å². The maximum Gasteiger partial charge on any atom is 0.0591 e. The Morgan fingerprint density at radius 2 is 2.27 bits per heavy atom. The molecule has 0 radical (unpaired) electrons. The van der Waals surface area contributed by atoms with E-state index in [1.807, 2.05) is 6.08 Å². The molecule has 1 rings (SSSR count). The molecule has 0 spiro atoms. The molecular weight excluding hydrogens is 186 g/mol. The summed E-state index contributed by atoms with van der Waals surface area (Å²) in [5.41, 5.74) is 0.543. The third-order valence-corrected chi connectivity index (χ3v) is 3.11. The van der Waals surface area contributed by atoms with E-state index in [1.165, 1.54) is 19.3 Å². The second kappa shape index (κ2) is 6.29. The summed E-state index contributed by atoms with van der Waals surface area (Å²) >= 11 is 0. The van der Waals surface area contributed by atoms with E-state index in [4.69, 9.17) is 4.74 Å². The van der Waals surface area contributed by atoms with Gasteiger partial charge in [0.1, 0.15) is 0 Å². The molecule has 1 unspecified atom stereocenters.